The number of ketones is 1. The average molecular weight is 589 g/mol. The van der Waals surface area contributed by atoms with Crippen LogP contribution in [0, 0.1) is 19.8 Å². The summed E-state index contributed by atoms with van der Waals surface area (Å²) in [6.45, 7) is 10.5. The Labute approximate surface area is 253 Å². The molecule has 0 amide bonds. The van der Waals surface area contributed by atoms with E-state index in [1.54, 1.807) is 11.8 Å². The molecule has 1 saturated carbocycles. The van der Waals surface area contributed by atoms with Crippen molar-refractivity contribution in [2.24, 2.45) is 5.92 Å². The maximum absolute atomic E-state index is 12.7. The van der Waals surface area contributed by atoms with Gasteiger partial charge in [-0.25, -0.2) is 9.97 Å². The minimum Gasteiger partial charge on any atom is -0.354 e. The number of carbonyl (C=O) groups excluding carboxylic acids is 1. The second-order valence-electron chi connectivity index (χ2n) is 12.3. The topological polar surface area (TPSA) is 93.3 Å². The summed E-state index contributed by atoms with van der Waals surface area (Å²) in [6, 6.07) is 11.0. The number of nitrogens with zero attached hydrogens (tertiary/aromatic N) is 6. The lowest BCUT2D eigenvalue weighted by molar-refractivity contribution is -0.122. The number of piperidine rings is 1. The molecule has 2 N–H and O–H groups in total. The average Bonchev–Trinajstić information content (AvgIpc) is 3.69. The molecule has 0 atom stereocenters. The van der Waals surface area contributed by atoms with E-state index < -0.39 is 0 Å². The van der Waals surface area contributed by atoms with Crippen LogP contribution in [0.4, 0.5) is 17.5 Å². The zero-order chi connectivity index (χ0) is 29.1. The van der Waals surface area contributed by atoms with E-state index >= 15 is 0 Å². The smallest absolute Gasteiger partial charge is 0.196 e. The first-order valence-corrected chi connectivity index (χ1v) is 16.4. The second kappa shape index (κ2) is 13.1. The number of likely N-dealkylation sites (tertiary alicyclic amines) is 1. The molecule has 224 valence electrons. The zero-order valence-electron chi connectivity index (χ0n) is 25.2. The molecule has 10 heteroatoms. The van der Waals surface area contributed by atoms with Crippen molar-refractivity contribution in [3.05, 3.63) is 47.2 Å². The number of benzene rings is 1. The van der Waals surface area contributed by atoms with E-state index in [1.807, 2.05) is 13.0 Å². The quantitative estimate of drug-likeness (QED) is 0.326. The van der Waals surface area contributed by atoms with Crippen LogP contribution in [0.1, 0.15) is 55.3 Å². The van der Waals surface area contributed by atoms with Crippen LogP contribution in [0.5, 0.6) is 0 Å². The van der Waals surface area contributed by atoms with Gasteiger partial charge in [0.25, 0.3) is 0 Å². The number of aromatic amines is 1. The fourth-order valence-electron chi connectivity index (χ4n) is 6.60. The predicted octanol–water partition coefficient (Wildman–Crippen LogP) is 5.23. The molecule has 4 heterocycles. The number of rotatable bonds is 9. The van der Waals surface area contributed by atoms with Gasteiger partial charge in [0.2, 0.25) is 0 Å². The Morgan fingerprint density at radius 3 is 2.36 bits per heavy atom. The summed E-state index contributed by atoms with van der Waals surface area (Å²) in [5.74, 6) is 3.17. The third-order valence-corrected chi connectivity index (χ3v) is 10.1. The molecule has 3 aliphatic rings. The Balaban J connectivity index is 1.18. The molecule has 0 unspecified atom stereocenters. The first-order valence-electron chi connectivity index (χ1n) is 15.6. The summed E-state index contributed by atoms with van der Waals surface area (Å²) in [6.07, 6.45) is 7.54. The van der Waals surface area contributed by atoms with Crippen LogP contribution in [0.2, 0.25) is 0 Å². The minimum absolute atomic E-state index is 0.258. The van der Waals surface area contributed by atoms with E-state index in [0.29, 0.717) is 23.4 Å². The van der Waals surface area contributed by atoms with Crippen LogP contribution in [0.15, 0.2) is 40.4 Å². The number of aromatic nitrogens is 4. The lowest BCUT2D eigenvalue weighted by atomic mass is 9.97. The Morgan fingerprint density at radius 2 is 1.69 bits per heavy atom. The highest BCUT2D eigenvalue weighted by molar-refractivity contribution is 7.99. The van der Waals surface area contributed by atoms with Crippen LogP contribution in [-0.4, -0.2) is 88.1 Å². The van der Waals surface area contributed by atoms with Gasteiger partial charge in [0.05, 0.1) is 0 Å². The zero-order valence-corrected chi connectivity index (χ0v) is 26.1. The molecule has 42 heavy (non-hydrogen) atoms. The van der Waals surface area contributed by atoms with E-state index in [1.165, 1.54) is 38.8 Å². The van der Waals surface area contributed by atoms with Gasteiger partial charge < -0.3 is 15.1 Å². The van der Waals surface area contributed by atoms with Crippen LogP contribution >= 0.6 is 11.8 Å². The van der Waals surface area contributed by atoms with Crippen molar-refractivity contribution in [2.75, 3.05) is 56.5 Å². The van der Waals surface area contributed by atoms with Crippen molar-refractivity contribution >= 4 is 35.0 Å². The maximum atomic E-state index is 12.7. The van der Waals surface area contributed by atoms with Gasteiger partial charge in [-0.1, -0.05) is 25.0 Å². The fraction of sp³-hybridized carbons (Fsp3) is 0.562. The number of aryl methyl sites for hydroxylation is 1. The molecular formula is C32H44N8OS. The van der Waals surface area contributed by atoms with Crippen molar-refractivity contribution in [3.63, 3.8) is 0 Å². The highest BCUT2D eigenvalue weighted by Gasteiger charge is 2.28. The molecule has 2 aromatic heterocycles. The maximum Gasteiger partial charge on any atom is 0.196 e. The lowest BCUT2D eigenvalue weighted by Gasteiger charge is -2.42. The number of hydrogen-bond donors (Lipinski definition) is 2. The number of H-pyrrole nitrogens is 1. The predicted molar refractivity (Wildman–Crippen MR) is 169 cm³/mol. The SMILES string of the molecule is Cc1cc(Nc2nc(Sc3ccc(CC(=O)C4CCCC4)cc3)nc(N3CCN(C4CCN(C)CC4)CC3)c2C)n[nH]1. The molecule has 2 saturated heterocycles. The number of piperazine rings is 1. The monoisotopic (exact) mass is 588 g/mol. The van der Waals surface area contributed by atoms with Crippen LogP contribution in [0.3, 0.4) is 0 Å². The summed E-state index contributed by atoms with van der Waals surface area (Å²) in [5, 5.41) is 11.5. The number of carbonyl (C=O) groups is 1. The highest BCUT2D eigenvalue weighted by atomic mass is 32.2. The summed E-state index contributed by atoms with van der Waals surface area (Å²) in [4.78, 5) is 31.3. The molecule has 9 nitrogen and oxygen atoms in total. The van der Waals surface area contributed by atoms with Crippen LogP contribution in [0.25, 0.3) is 0 Å². The van der Waals surface area contributed by atoms with E-state index in [2.05, 4.69) is 68.5 Å². The number of Topliss-reactive ketones (excluding diaryl/α,β-unsaturated/α-hetero) is 1. The molecule has 1 aromatic carbocycles. The second-order valence-corrected chi connectivity index (χ2v) is 13.3. The number of hydrogen-bond acceptors (Lipinski definition) is 9. The van der Waals surface area contributed by atoms with E-state index in [9.17, 15) is 4.79 Å². The Kier molecular flexibility index (Phi) is 9.11. The standard InChI is InChI=1S/C32H44N8OS/c1-22-20-29(37-36-22)33-30-23(2)31(40-18-16-39(17-19-40)26-12-14-38(3)15-13-26)35-32(34-30)42-27-10-8-24(9-11-27)21-28(41)25-6-4-5-7-25/h8-11,20,25-26H,4-7,12-19,21H2,1-3H3,(H2,33,34,35,36,37). The van der Waals surface area contributed by atoms with Gasteiger partial charge in [-0.2, -0.15) is 5.10 Å². The molecule has 0 radical (unpaired) electrons. The van der Waals surface area contributed by atoms with Gasteiger partial charge in [-0.3, -0.25) is 14.8 Å². The first kappa shape index (κ1) is 29.1. The van der Waals surface area contributed by atoms with Crippen molar-refractivity contribution in [1.82, 2.24) is 30.0 Å². The van der Waals surface area contributed by atoms with Crippen molar-refractivity contribution in [2.45, 2.75) is 74.9 Å². The number of anilines is 3. The first-order chi connectivity index (χ1) is 20.4. The lowest BCUT2D eigenvalue weighted by Crippen LogP contribution is -2.53. The molecule has 1 aliphatic carbocycles. The Morgan fingerprint density at radius 1 is 0.976 bits per heavy atom. The van der Waals surface area contributed by atoms with Crippen LogP contribution in [-0.2, 0) is 11.2 Å². The summed E-state index contributed by atoms with van der Waals surface area (Å²) in [5.41, 5.74) is 3.12. The molecule has 3 fully saturated rings. The summed E-state index contributed by atoms with van der Waals surface area (Å²) in [7, 11) is 2.23. The minimum atomic E-state index is 0.258. The Hall–Kier alpha value is -2.95. The highest BCUT2D eigenvalue weighted by Crippen LogP contribution is 2.33. The van der Waals surface area contributed by atoms with E-state index in [4.69, 9.17) is 9.97 Å². The third kappa shape index (κ3) is 6.98. The number of nitrogens with one attached hydrogen (secondary N) is 2. The Bertz CT molecular complexity index is 1350. The molecule has 0 bridgehead atoms. The largest absolute Gasteiger partial charge is 0.354 e. The van der Waals surface area contributed by atoms with Crippen LogP contribution < -0.4 is 10.2 Å². The molecular weight excluding hydrogens is 544 g/mol. The fourth-order valence-corrected chi connectivity index (χ4v) is 7.35. The summed E-state index contributed by atoms with van der Waals surface area (Å²) >= 11 is 1.56. The van der Waals surface area contributed by atoms with Gasteiger partial charge in [-0.05, 0) is 89.1 Å². The van der Waals surface area contributed by atoms with Crippen molar-refractivity contribution in [3.8, 4) is 0 Å². The van der Waals surface area contributed by atoms with E-state index in [-0.39, 0.29) is 5.92 Å². The van der Waals surface area contributed by atoms with E-state index in [0.717, 1.165) is 78.2 Å². The van der Waals surface area contributed by atoms with Gasteiger partial charge in [0.15, 0.2) is 11.0 Å². The third-order valence-electron chi connectivity index (χ3n) is 9.19. The van der Waals surface area contributed by atoms with Gasteiger partial charge in [0.1, 0.15) is 17.4 Å². The van der Waals surface area contributed by atoms with Gasteiger partial charge in [0, 0.05) is 66.8 Å². The van der Waals surface area contributed by atoms with Crippen molar-refractivity contribution in [1.29, 1.82) is 0 Å². The van der Waals surface area contributed by atoms with Gasteiger partial charge in [-0.15, -0.1) is 0 Å². The molecule has 2 aliphatic heterocycles. The van der Waals surface area contributed by atoms with Crippen molar-refractivity contribution < 1.29 is 4.79 Å². The van der Waals surface area contributed by atoms with Gasteiger partial charge >= 0.3 is 0 Å². The molecule has 3 aromatic rings. The normalized spacial score (nSPS) is 19.5. The molecule has 6 rings (SSSR count). The molecule has 0 spiro atoms. The summed E-state index contributed by atoms with van der Waals surface area (Å²) < 4.78 is 0.